The van der Waals surface area contributed by atoms with E-state index in [1.807, 2.05) is 20.8 Å². The molecule has 0 aromatic rings. The van der Waals surface area contributed by atoms with Crippen LogP contribution in [0, 0.1) is 50.7 Å². The van der Waals surface area contributed by atoms with Crippen molar-refractivity contribution in [3.05, 3.63) is 0 Å². The molecule has 31 heavy (non-hydrogen) atoms. The molecule has 0 radical (unpaired) electrons. The van der Waals surface area contributed by atoms with Gasteiger partial charge in [-0.15, -0.1) is 0 Å². The molecule has 5 fully saturated rings. The van der Waals surface area contributed by atoms with Gasteiger partial charge >= 0.3 is 0 Å². The second-order valence-electron chi connectivity index (χ2n) is 13.7. The molecule has 0 aliphatic heterocycles. The highest BCUT2D eigenvalue weighted by atomic mass is 16.1. The van der Waals surface area contributed by atoms with Crippen molar-refractivity contribution in [2.45, 2.75) is 132 Å². The predicted octanol–water partition coefficient (Wildman–Crippen LogP) is 8.85. The van der Waals surface area contributed by atoms with Gasteiger partial charge in [0.05, 0.1) is 0 Å². The normalized spacial score (nSPS) is 52.5. The van der Waals surface area contributed by atoms with Gasteiger partial charge in [0.15, 0.2) is 0 Å². The minimum Gasteiger partial charge on any atom is -0.299 e. The summed E-state index contributed by atoms with van der Waals surface area (Å²) in [6.07, 6.45) is 16.4. The SMILES string of the molecule is CC.CC(=O)[C@]12CCCC1[C@H]1CCC3[C@@]4(C)CCCC(C)(C)C4CC[C@@]3(C)[C@]1(C)CC2. The van der Waals surface area contributed by atoms with Crippen LogP contribution < -0.4 is 0 Å². The molecule has 8 atom stereocenters. The van der Waals surface area contributed by atoms with Crippen molar-refractivity contribution < 1.29 is 4.79 Å². The first kappa shape index (κ1) is 23.8. The van der Waals surface area contributed by atoms with Gasteiger partial charge < -0.3 is 0 Å². The molecule has 3 unspecified atom stereocenters. The van der Waals surface area contributed by atoms with Crippen molar-refractivity contribution >= 4 is 5.78 Å². The molecule has 1 heteroatoms. The van der Waals surface area contributed by atoms with Gasteiger partial charge in [0.25, 0.3) is 0 Å². The van der Waals surface area contributed by atoms with Crippen LogP contribution in [0.15, 0.2) is 0 Å². The van der Waals surface area contributed by atoms with Gasteiger partial charge in [-0.2, -0.15) is 0 Å². The molecule has 5 saturated carbocycles. The fourth-order valence-corrected chi connectivity index (χ4v) is 11.3. The Kier molecular flexibility index (Phi) is 5.83. The quantitative estimate of drug-likeness (QED) is 0.407. The van der Waals surface area contributed by atoms with Gasteiger partial charge in [0.1, 0.15) is 5.78 Å². The van der Waals surface area contributed by atoms with Gasteiger partial charge in [-0.1, -0.05) is 61.3 Å². The van der Waals surface area contributed by atoms with E-state index in [9.17, 15) is 4.79 Å². The lowest BCUT2D eigenvalue weighted by Gasteiger charge is -2.72. The van der Waals surface area contributed by atoms with E-state index in [0.717, 1.165) is 17.8 Å². The van der Waals surface area contributed by atoms with Crippen molar-refractivity contribution in [3.63, 3.8) is 0 Å². The molecule has 0 spiro atoms. The van der Waals surface area contributed by atoms with Crippen LogP contribution >= 0.6 is 0 Å². The van der Waals surface area contributed by atoms with E-state index in [0.29, 0.717) is 33.4 Å². The fourth-order valence-electron chi connectivity index (χ4n) is 11.3. The standard InChI is InChI=1S/C28H46O.C2H6/c1-19(29)28-15-7-9-21(28)20-10-11-23-25(4)14-8-13-24(2,3)22(25)12-16-27(23,6)26(20,5)17-18-28;1-2/h20-23H,7-18H2,1-6H3;1-2H3/t20-,21?,22?,23?,25+,26-,27-,28-;/m1./s1. The Labute approximate surface area is 193 Å². The summed E-state index contributed by atoms with van der Waals surface area (Å²) in [5.74, 6) is 3.80. The van der Waals surface area contributed by atoms with Crippen LogP contribution in [0.3, 0.4) is 0 Å². The smallest absolute Gasteiger partial charge is 0.136 e. The Morgan fingerprint density at radius 2 is 1.35 bits per heavy atom. The third-order valence-electron chi connectivity index (χ3n) is 12.8. The third-order valence-corrected chi connectivity index (χ3v) is 12.8. The molecular formula is C30H52O. The first-order valence-corrected chi connectivity index (χ1v) is 14.0. The maximum absolute atomic E-state index is 12.9. The van der Waals surface area contributed by atoms with Crippen LogP contribution in [0.4, 0.5) is 0 Å². The molecule has 0 aromatic heterocycles. The molecule has 5 aliphatic rings. The van der Waals surface area contributed by atoms with Crippen LogP contribution in [0.1, 0.15) is 132 Å². The second-order valence-corrected chi connectivity index (χ2v) is 13.7. The van der Waals surface area contributed by atoms with Crippen molar-refractivity contribution in [2.24, 2.45) is 50.7 Å². The van der Waals surface area contributed by atoms with Gasteiger partial charge in [0.2, 0.25) is 0 Å². The average molecular weight is 429 g/mol. The third kappa shape index (κ3) is 2.96. The molecule has 5 rings (SSSR count). The van der Waals surface area contributed by atoms with E-state index < -0.39 is 0 Å². The summed E-state index contributed by atoms with van der Waals surface area (Å²) in [5, 5.41) is 0. The predicted molar refractivity (Wildman–Crippen MR) is 132 cm³/mol. The summed E-state index contributed by atoms with van der Waals surface area (Å²) in [4.78, 5) is 12.9. The number of hydrogen-bond acceptors (Lipinski definition) is 1. The van der Waals surface area contributed by atoms with Crippen molar-refractivity contribution in [3.8, 4) is 0 Å². The number of fused-ring (bicyclic) bond motifs is 7. The number of carbonyl (C=O) groups excluding carboxylic acids is 1. The van der Waals surface area contributed by atoms with Crippen LogP contribution in [0.5, 0.6) is 0 Å². The topological polar surface area (TPSA) is 17.1 Å². The summed E-state index contributed by atoms with van der Waals surface area (Å²) in [6.45, 7) is 19.2. The molecule has 5 aliphatic carbocycles. The lowest BCUT2D eigenvalue weighted by Crippen LogP contribution is -2.65. The highest BCUT2D eigenvalue weighted by molar-refractivity contribution is 5.83. The largest absolute Gasteiger partial charge is 0.299 e. The molecule has 0 saturated heterocycles. The maximum atomic E-state index is 12.9. The van der Waals surface area contributed by atoms with Crippen molar-refractivity contribution in [1.82, 2.24) is 0 Å². The molecule has 1 nitrogen and oxygen atoms in total. The summed E-state index contributed by atoms with van der Waals surface area (Å²) in [7, 11) is 0. The number of hydrogen-bond donors (Lipinski definition) is 0. The monoisotopic (exact) mass is 428 g/mol. The minimum atomic E-state index is 0.0569. The Morgan fingerprint density at radius 3 is 2.03 bits per heavy atom. The Hall–Kier alpha value is -0.330. The molecule has 0 N–H and O–H groups in total. The summed E-state index contributed by atoms with van der Waals surface area (Å²) in [6, 6.07) is 0. The first-order valence-electron chi connectivity index (χ1n) is 14.0. The van der Waals surface area contributed by atoms with E-state index in [-0.39, 0.29) is 5.41 Å². The second kappa shape index (κ2) is 7.59. The van der Waals surface area contributed by atoms with Crippen LogP contribution in [-0.4, -0.2) is 5.78 Å². The summed E-state index contributed by atoms with van der Waals surface area (Å²) in [5.41, 5.74) is 2.03. The minimum absolute atomic E-state index is 0.0569. The molecule has 0 aromatic carbocycles. The van der Waals surface area contributed by atoms with E-state index >= 15 is 0 Å². The molecular weight excluding hydrogens is 376 g/mol. The van der Waals surface area contributed by atoms with Gasteiger partial charge in [0, 0.05) is 5.41 Å². The highest BCUT2D eigenvalue weighted by Crippen LogP contribution is 2.76. The first-order chi connectivity index (χ1) is 14.5. The fraction of sp³-hybridized carbons (Fsp3) is 0.967. The highest BCUT2D eigenvalue weighted by Gasteiger charge is 2.69. The van der Waals surface area contributed by atoms with Crippen LogP contribution in [0.25, 0.3) is 0 Å². The number of ketones is 1. The molecule has 0 bridgehead atoms. The zero-order valence-corrected chi connectivity index (χ0v) is 22.2. The zero-order valence-electron chi connectivity index (χ0n) is 22.2. The molecule has 178 valence electrons. The van der Waals surface area contributed by atoms with Gasteiger partial charge in [-0.05, 0) is 116 Å². The van der Waals surface area contributed by atoms with Crippen molar-refractivity contribution in [1.29, 1.82) is 0 Å². The number of carbonyl (C=O) groups is 1. The zero-order chi connectivity index (χ0) is 22.9. The lowest BCUT2D eigenvalue weighted by atomic mass is 9.32. The summed E-state index contributed by atoms with van der Waals surface area (Å²) < 4.78 is 0. The molecule has 0 amide bonds. The number of Topliss-reactive ketones (excluding diaryl/α,β-unsaturated/α-hetero) is 1. The maximum Gasteiger partial charge on any atom is 0.136 e. The average Bonchev–Trinajstić information content (AvgIpc) is 3.15. The Balaban J connectivity index is 0.00000112. The molecule has 0 heterocycles. The van der Waals surface area contributed by atoms with E-state index in [4.69, 9.17) is 0 Å². The van der Waals surface area contributed by atoms with E-state index in [2.05, 4.69) is 34.6 Å². The number of rotatable bonds is 1. The van der Waals surface area contributed by atoms with Crippen LogP contribution in [-0.2, 0) is 4.79 Å². The van der Waals surface area contributed by atoms with Gasteiger partial charge in [-0.25, -0.2) is 0 Å². The van der Waals surface area contributed by atoms with Crippen molar-refractivity contribution in [2.75, 3.05) is 0 Å². The van der Waals surface area contributed by atoms with Crippen LogP contribution in [0.2, 0.25) is 0 Å². The lowest BCUT2D eigenvalue weighted by molar-refractivity contribution is -0.232. The van der Waals surface area contributed by atoms with Gasteiger partial charge in [-0.3, -0.25) is 4.79 Å². The van der Waals surface area contributed by atoms with E-state index in [1.165, 1.54) is 77.0 Å². The summed E-state index contributed by atoms with van der Waals surface area (Å²) >= 11 is 0. The Morgan fingerprint density at radius 1 is 0.645 bits per heavy atom. The Bertz CT molecular complexity index is 707. The van der Waals surface area contributed by atoms with E-state index in [1.54, 1.807) is 0 Å².